The van der Waals surface area contributed by atoms with Crippen molar-refractivity contribution in [3.8, 4) is 0 Å². The maximum atomic E-state index is 12.0. The van der Waals surface area contributed by atoms with Crippen LogP contribution in [0.5, 0.6) is 0 Å². The lowest BCUT2D eigenvalue weighted by atomic mass is 9.89. The van der Waals surface area contributed by atoms with E-state index in [9.17, 15) is 10.0 Å². The van der Waals surface area contributed by atoms with Crippen molar-refractivity contribution < 1.29 is 14.7 Å². The molecule has 0 saturated carbocycles. The molecule has 0 saturated heterocycles. The van der Waals surface area contributed by atoms with Crippen molar-refractivity contribution in [1.29, 1.82) is 0 Å². The van der Waals surface area contributed by atoms with Gasteiger partial charge in [-0.05, 0) is 39.7 Å². The second-order valence-electron chi connectivity index (χ2n) is 5.79. The van der Waals surface area contributed by atoms with Crippen LogP contribution >= 0.6 is 0 Å². The average Bonchev–Trinajstić information content (AvgIpc) is 2.36. The molecule has 0 unspecified atom stereocenters. The molecule has 0 aliphatic rings. The van der Waals surface area contributed by atoms with Crippen LogP contribution in [-0.4, -0.2) is 22.0 Å². The van der Waals surface area contributed by atoms with Gasteiger partial charge in [-0.15, -0.1) is 0 Å². The van der Waals surface area contributed by atoms with Crippen molar-refractivity contribution in [3.05, 3.63) is 35.9 Å². The van der Waals surface area contributed by atoms with Gasteiger partial charge in [0, 0.05) is 0 Å². The van der Waals surface area contributed by atoms with Gasteiger partial charge >= 0.3 is 6.09 Å². The maximum absolute atomic E-state index is 12.0. The van der Waals surface area contributed by atoms with Crippen molar-refractivity contribution >= 4 is 6.09 Å². The van der Waals surface area contributed by atoms with E-state index < -0.39 is 17.2 Å². The van der Waals surface area contributed by atoms with Crippen LogP contribution in [0.4, 0.5) is 4.79 Å². The van der Waals surface area contributed by atoms with Gasteiger partial charge < -0.3 is 4.74 Å². The highest BCUT2D eigenvalue weighted by Gasteiger charge is 2.37. The molecule has 1 aromatic carbocycles. The fourth-order valence-corrected chi connectivity index (χ4v) is 1.78. The molecule has 0 aliphatic heterocycles. The molecule has 0 fully saturated rings. The molecule has 1 aromatic rings. The highest BCUT2D eigenvalue weighted by atomic mass is 16.6. The number of hydrogen-bond acceptors (Lipinski definition) is 3. The SMILES string of the molecule is CC[C@@](C)(c1ccccc1)N(O)C(=O)OC(C)(C)C. The minimum absolute atomic E-state index is 0.576. The molecule has 1 rings (SSSR count). The van der Waals surface area contributed by atoms with Gasteiger partial charge in [-0.3, -0.25) is 5.21 Å². The highest BCUT2D eigenvalue weighted by Crippen LogP contribution is 2.31. The third kappa shape index (κ3) is 3.70. The Morgan fingerprint density at radius 2 is 1.74 bits per heavy atom. The third-order valence-electron chi connectivity index (χ3n) is 3.12. The molecule has 1 atom stereocenters. The molecule has 106 valence electrons. The second kappa shape index (κ2) is 5.61. The number of nitrogens with zero attached hydrogens (tertiary/aromatic N) is 1. The Morgan fingerprint density at radius 1 is 1.21 bits per heavy atom. The van der Waals surface area contributed by atoms with E-state index in [4.69, 9.17) is 4.74 Å². The molecule has 0 aromatic heterocycles. The molecule has 0 heterocycles. The van der Waals surface area contributed by atoms with Gasteiger partial charge in [0.15, 0.2) is 0 Å². The van der Waals surface area contributed by atoms with E-state index in [0.29, 0.717) is 11.5 Å². The molecule has 1 amide bonds. The van der Waals surface area contributed by atoms with Gasteiger partial charge in [-0.1, -0.05) is 37.3 Å². The minimum Gasteiger partial charge on any atom is -0.442 e. The van der Waals surface area contributed by atoms with Crippen LogP contribution in [-0.2, 0) is 10.3 Å². The maximum Gasteiger partial charge on any atom is 0.435 e. The van der Waals surface area contributed by atoms with E-state index in [2.05, 4.69) is 0 Å². The second-order valence-corrected chi connectivity index (χ2v) is 5.79. The largest absolute Gasteiger partial charge is 0.442 e. The zero-order valence-electron chi connectivity index (χ0n) is 12.3. The minimum atomic E-state index is -0.802. The van der Waals surface area contributed by atoms with E-state index >= 15 is 0 Å². The van der Waals surface area contributed by atoms with Gasteiger partial charge in [0.05, 0.1) is 5.54 Å². The summed E-state index contributed by atoms with van der Waals surface area (Å²) in [7, 11) is 0. The van der Waals surface area contributed by atoms with Crippen LogP contribution in [0.25, 0.3) is 0 Å². The summed E-state index contributed by atoms with van der Waals surface area (Å²) in [4.78, 5) is 12.0. The van der Waals surface area contributed by atoms with Crippen LogP contribution in [0.3, 0.4) is 0 Å². The summed E-state index contributed by atoms with van der Waals surface area (Å²) in [6, 6.07) is 9.43. The Balaban J connectivity index is 2.99. The van der Waals surface area contributed by atoms with Crippen molar-refractivity contribution in [1.82, 2.24) is 5.06 Å². The number of amides is 1. The summed E-state index contributed by atoms with van der Waals surface area (Å²) in [6.45, 7) is 9.03. The standard InChI is InChI=1S/C15H23NO3/c1-6-15(5,12-10-8-7-9-11-12)16(18)13(17)19-14(2,3)4/h7-11,18H,6H2,1-5H3/t15-/m0/s1. The summed E-state index contributed by atoms with van der Waals surface area (Å²) < 4.78 is 5.21. The lowest BCUT2D eigenvalue weighted by Crippen LogP contribution is -2.47. The van der Waals surface area contributed by atoms with E-state index in [1.807, 2.05) is 44.2 Å². The average molecular weight is 265 g/mol. The predicted octanol–water partition coefficient (Wildman–Crippen LogP) is 3.94. The molecule has 4 nitrogen and oxygen atoms in total. The Hall–Kier alpha value is -1.55. The molecular weight excluding hydrogens is 242 g/mol. The van der Waals surface area contributed by atoms with Gasteiger partial charge in [0.1, 0.15) is 5.60 Å². The van der Waals surface area contributed by atoms with Crippen LogP contribution in [0.1, 0.15) is 46.6 Å². The molecule has 0 aliphatic carbocycles. The first kappa shape index (κ1) is 15.5. The molecule has 4 heteroatoms. The van der Waals surface area contributed by atoms with Gasteiger partial charge in [0.2, 0.25) is 0 Å². The third-order valence-corrected chi connectivity index (χ3v) is 3.12. The van der Waals surface area contributed by atoms with Crippen molar-refractivity contribution in [2.45, 2.75) is 52.2 Å². The van der Waals surface area contributed by atoms with Crippen LogP contribution in [0.2, 0.25) is 0 Å². The van der Waals surface area contributed by atoms with E-state index in [1.165, 1.54) is 0 Å². The number of carbonyl (C=O) groups is 1. The normalized spacial score (nSPS) is 14.6. The predicted molar refractivity (Wildman–Crippen MR) is 73.9 cm³/mol. The summed E-state index contributed by atoms with van der Waals surface area (Å²) in [5.41, 5.74) is -0.571. The quantitative estimate of drug-likeness (QED) is 0.665. The number of benzene rings is 1. The fraction of sp³-hybridized carbons (Fsp3) is 0.533. The number of hydrogen-bond donors (Lipinski definition) is 1. The van der Waals surface area contributed by atoms with E-state index in [-0.39, 0.29) is 0 Å². The molecule has 1 N–H and O–H groups in total. The first-order valence-corrected chi connectivity index (χ1v) is 6.48. The van der Waals surface area contributed by atoms with Crippen LogP contribution < -0.4 is 0 Å². The van der Waals surface area contributed by atoms with Crippen LogP contribution in [0, 0.1) is 0 Å². The Kier molecular flexibility index (Phi) is 4.58. The zero-order valence-corrected chi connectivity index (χ0v) is 12.3. The number of ether oxygens (including phenoxy) is 1. The molecule has 0 bridgehead atoms. The van der Waals surface area contributed by atoms with Gasteiger partial charge in [-0.25, -0.2) is 4.79 Å². The van der Waals surface area contributed by atoms with Gasteiger partial charge in [-0.2, -0.15) is 5.06 Å². The Bertz CT molecular complexity index is 425. The summed E-state index contributed by atoms with van der Waals surface area (Å²) >= 11 is 0. The molecule has 0 radical (unpaired) electrons. The van der Waals surface area contributed by atoms with Crippen LogP contribution in [0.15, 0.2) is 30.3 Å². The van der Waals surface area contributed by atoms with Crippen molar-refractivity contribution in [2.75, 3.05) is 0 Å². The summed E-state index contributed by atoms with van der Waals surface area (Å²) in [5.74, 6) is 0. The zero-order chi connectivity index (χ0) is 14.7. The Labute approximate surface area is 114 Å². The number of hydroxylamine groups is 2. The topological polar surface area (TPSA) is 49.8 Å². The van der Waals surface area contributed by atoms with E-state index in [0.717, 1.165) is 5.56 Å². The van der Waals surface area contributed by atoms with E-state index in [1.54, 1.807) is 20.8 Å². The fourth-order valence-electron chi connectivity index (χ4n) is 1.78. The van der Waals surface area contributed by atoms with Gasteiger partial charge in [0.25, 0.3) is 0 Å². The molecule has 19 heavy (non-hydrogen) atoms. The number of carbonyl (C=O) groups excluding carboxylic acids is 1. The Morgan fingerprint density at radius 3 is 2.16 bits per heavy atom. The lowest BCUT2D eigenvalue weighted by Gasteiger charge is -2.37. The smallest absolute Gasteiger partial charge is 0.435 e. The number of rotatable bonds is 3. The van der Waals surface area contributed by atoms with Crippen molar-refractivity contribution in [3.63, 3.8) is 0 Å². The molecular formula is C15H23NO3. The summed E-state index contributed by atoms with van der Waals surface area (Å²) in [6.07, 6.45) is -0.159. The molecule has 0 spiro atoms. The lowest BCUT2D eigenvalue weighted by molar-refractivity contribution is -0.158. The first-order valence-electron chi connectivity index (χ1n) is 6.48. The summed E-state index contributed by atoms with van der Waals surface area (Å²) in [5, 5.41) is 10.9. The van der Waals surface area contributed by atoms with Crippen molar-refractivity contribution in [2.24, 2.45) is 0 Å². The first-order chi connectivity index (χ1) is 8.70. The monoisotopic (exact) mass is 265 g/mol. The highest BCUT2D eigenvalue weighted by molar-refractivity contribution is 5.68.